The number of pyridine rings is 1. The molecule has 2 aromatic rings. The van der Waals surface area contributed by atoms with Crippen molar-refractivity contribution in [2.75, 3.05) is 26.1 Å². The molecule has 0 unspecified atom stereocenters. The second-order valence-electron chi connectivity index (χ2n) is 5.59. The first-order valence-corrected chi connectivity index (χ1v) is 8.41. The van der Waals surface area contributed by atoms with Crippen molar-refractivity contribution in [2.24, 2.45) is 0 Å². The minimum absolute atomic E-state index is 0.160. The van der Waals surface area contributed by atoms with Gasteiger partial charge in [-0.15, -0.1) is 0 Å². The molecule has 1 heterocycles. The lowest BCUT2D eigenvalue weighted by atomic mass is 10.2. The normalized spacial score (nSPS) is 10.2. The molecule has 6 heteroatoms. The number of amides is 1. The summed E-state index contributed by atoms with van der Waals surface area (Å²) in [5.74, 6) is 1.14. The first kappa shape index (κ1) is 18.6. The van der Waals surface area contributed by atoms with Crippen molar-refractivity contribution in [1.29, 1.82) is 0 Å². The van der Waals surface area contributed by atoms with Crippen LogP contribution in [-0.2, 0) is 0 Å². The fraction of sp³-hybridized carbons (Fsp3) is 0.368. The van der Waals surface area contributed by atoms with E-state index in [9.17, 15) is 4.79 Å². The van der Waals surface area contributed by atoms with Gasteiger partial charge in [-0.2, -0.15) is 0 Å². The molecule has 0 aliphatic heterocycles. The Hall–Kier alpha value is -2.76. The number of carbonyl (C=O) groups is 1. The van der Waals surface area contributed by atoms with Gasteiger partial charge in [0.25, 0.3) is 5.91 Å². The van der Waals surface area contributed by atoms with Crippen LogP contribution in [0.3, 0.4) is 0 Å². The van der Waals surface area contributed by atoms with Gasteiger partial charge in [0, 0.05) is 30.2 Å². The first-order chi connectivity index (χ1) is 12.2. The molecule has 2 rings (SSSR count). The molecule has 1 aromatic carbocycles. The Morgan fingerprint density at radius 1 is 1.04 bits per heavy atom. The van der Waals surface area contributed by atoms with E-state index in [2.05, 4.69) is 22.5 Å². The maximum Gasteiger partial charge on any atom is 0.269 e. The summed E-state index contributed by atoms with van der Waals surface area (Å²) in [6, 6.07) is 9.08. The second kappa shape index (κ2) is 9.52. The predicted molar refractivity (Wildman–Crippen MR) is 98.9 cm³/mol. The zero-order valence-corrected chi connectivity index (χ0v) is 15.0. The Morgan fingerprint density at radius 2 is 1.80 bits per heavy atom. The maximum absolute atomic E-state index is 12.2. The lowest BCUT2D eigenvalue weighted by Crippen LogP contribution is -2.25. The summed E-state index contributed by atoms with van der Waals surface area (Å²) in [6.07, 6.45) is 4.82. The van der Waals surface area contributed by atoms with Gasteiger partial charge in [0.2, 0.25) is 0 Å². The third-order valence-electron chi connectivity index (χ3n) is 3.73. The quantitative estimate of drug-likeness (QED) is 0.678. The average Bonchev–Trinajstić information content (AvgIpc) is 2.65. The highest BCUT2D eigenvalue weighted by atomic mass is 16.5. The van der Waals surface area contributed by atoms with Crippen LogP contribution < -0.4 is 20.1 Å². The number of methoxy groups -OCH3 is 2. The van der Waals surface area contributed by atoms with Gasteiger partial charge >= 0.3 is 0 Å². The number of hydrogen-bond acceptors (Lipinski definition) is 5. The van der Waals surface area contributed by atoms with Crippen LogP contribution in [0.25, 0.3) is 0 Å². The van der Waals surface area contributed by atoms with Crippen LogP contribution in [0.1, 0.15) is 36.7 Å². The van der Waals surface area contributed by atoms with Gasteiger partial charge in [-0.1, -0.05) is 19.8 Å². The van der Waals surface area contributed by atoms with Gasteiger partial charge in [0.15, 0.2) is 11.5 Å². The van der Waals surface area contributed by atoms with Gasteiger partial charge in [-0.25, -0.2) is 0 Å². The number of aromatic nitrogens is 1. The molecular weight excluding hydrogens is 318 g/mol. The molecular formula is C19H25N3O3. The number of nitrogens with zero attached hydrogens (tertiary/aromatic N) is 1. The third-order valence-corrected chi connectivity index (χ3v) is 3.73. The largest absolute Gasteiger partial charge is 0.493 e. The van der Waals surface area contributed by atoms with Crippen molar-refractivity contribution < 1.29 is 14.3 Å². The molecule has 0 spiro atoms. The zero-order chi connectivity index (χ0) is 18.1. The standard InChI is InChI=1S/C19H25N3O3/c1-4-5-6-10-21-19(23)16-12-15(9-11-20-16)22-14-7-8-17(24-2)18(13-14)25-3/h7-9,11-13H,4-6,10H2,1-3H3,(H,20,22)(H,21,23). The van der Waals surface area contributed by atoms with E-state index in [1.807, 2.05) is 24.3 Å². The molecule has 0 aliphatic rings. The van der Waals surface area contributed by atoms with Crippen LogP contribution in [0.15, 0.2) is 36.5 Å². The fourth-order valence-corrected chi connectivity index (χ4v) is 2.38. The lowest BCUT2D eigenvalue weighted by Gasteiger charge is -2.12. The van der Waals surface area contributed by atoms with Crippen molar-refractivity contribution >= 4 is 17.3 Å². The topological polar surface area (TPSA) is 72.5 Å². The van der Waals surface area contributed by atoms with Crippen molar-refractivity contribution in [3.63, 3.8) is 0 Å². The van der Waals surface area contributed by atoms with Gasteiger partial charge in [0.05, 0.1) is 14.2 Å². The molecule has 0 radical (unpaired) electrons. The molecule has 0 saturated heterocycles. The molecule has 0 aliphatic carbocycles. The highest BCUT2D eigenvalue weighted by Gasteiger charge is 2.09. The van der Waals surface area contributed by atoms with E-state index < -0.39 is 0 Å². The van der Waals surface area contributed by atoms with Gasteiger partial charge in [-0.05, 0) is 30.7 Å². The first-order valence-electron chi connectivity index (χ1n) is 8.41. The van der Waals surface area contributed by atoms with Crippen LogP contribution in [0.2, 0.25) is 0 Å². The molecule has 2 N–H and O–H groups in total. The van der Waals surface area contributed by atoms with Crippen molar-refractivity contribution in [2.45, 2.75) is 26.2 Å². The summed E-state index contributed by atoms with van der Waals surface area (Å²) >= 11 is 0. The molecule has 1 amide bonds. The summed E-state index contributed by atoms with van der Waals surface area (Å²) in [6.45, 7) is 2.80. The number of anilines is 2. The van der Waals surface area contributed by atoms with Gasteiger partial charge in [0.1, 0.15) is 5.69 Å². The molecule has 134 valence electrons. The third kappa shape index (κ3) is 5.38. The Kier molecular flexibility index (Phi) is 7.07. The van der Waals surface area contributed by atoms with E-state index >= 15 is 0 Å². The molecule has 0 saturated carbocycles. The highest BCUT2D eigenvalue weighted by Crippen LogP contribution is 2.31. The number of hydrogen-bond donors (Lipinski definition) is 2. The van der Waals surface area contributed by atoms with E-state index in [-0.39, 0.29) is 5.91 Å². The van der Waals surface area contributed by atoms with Crippen LogP contribution in [-0.4, -0.2) is 31.7 Å². The summed E-state index contributed by atoms with van der Waals surface area (Å²) in [7, 11) is 3.19. The molecule has 25 heavy (non-hydrogen) atoms. The summed E-state index contributed by atoms with van der Waals surface area (Å²) in [4.78, 5) is 16.3. The number of carbonyl (C=O) groups excluding carboxylic acids is 1. The van der Waals surface area contributed by atoms with Crippen LogP contribution in [0.4, 0.5) is 11.4 Å². The van der Waals surface area contributed by atoms with E-state index in [0.29, 0.717) is 23.7 Å². The molecule has 0 bridgehead atoms. The van der Waals surface area contributed by atoms with Crippen LogP contribution in [0, 0.1) is 0 Å². The predicted octanol–water partition coefficient (Wildman–Crippen LogP) is 3.76. The molecule has 1 aromatic heterocycles. The monoisotopic (exact) mass is 343 g/mol. The van der Waals surface area contributed by atoms with E-state index in [0.717, 1.165) is 30.6 Å². The van der Waals surface area contributed by atoms with Crippen molar-refractivity contribution in [3.05, 3.63) is 42.2 Å². The molecule has 0 atom stereocenters. The number of benzene rings is 1. The molecule has 6 nitrogen and oxygen atoms in total. The van der Waals surface area contributed by atoms with E-state index in [4.69, 9.17) is 9.47 Å². The number of unbranched alkanes of at least 4 members (excludes halogenated alkanes) is 2. The minimum atomic E-state index is -0.160. The minimum Gasteiger partial charge on any atom is -0.493 e. The second-order valence-corrected chi connectivity index (χ2v) is 5.59. The average molecular weight is 343 g/mol. The number of nitrogens with one attached hydrogen (secondary N) is 2. The zero-order valence-electron chi connectivity index (χ0n) is 15.0. The lowest BCUT2D eigenvalue weighted by molar-refractivity contribution is 0.0948. The fourth-order valence-electron chi connectivity index (χ4n) is 2.38. The maximum atomic E-state index is 12.2. The Labute approximate surface area is 148 Å². The number of ether oxygens (including phenoxy) is 2. The molecule has 0 fully saturated rings. The highest BCUT2D eigenvalue weighted by molar-refractivity contribution is 5.93. The van der Waals surface area contributed by atoms with Crippen LogP contribution >= 0.6 is 0 Å². The summed E-state index contributed by atoms with van der Waals surface area (Å²) < 4.78 is 10.5. The van der Waals surface area contributed by atoms with Crippen LogP contribution in [0.5, 0.6) is 11.5 Å². The van der Waals surface area contributed by atoms with Gasteiger partial charge < -0.3 is 20.1 Å². The Bertz CT molecular complexity index is 704. The SMILES string of the molecule is CCCCCNC(=O)c1cc(Nc2ccc(OC)c(OC)c2)ccn1. The summed E-state index contributed by atoms with van der Waals surface area (Å²) in [5, 5.41) is 6.14. The van der Waals surface area contributed by atoms with Crippen molar-refractivity contribution in [3.8, 4) is 11.5 Å². The van der Waals surface area contributed by atoms with E-state index in [1.165, 1.54) is 0 Å². The van der Waals surface area contributed by atoms with E-state index in [1.54, 1.807) is 26.5 Å². The summed E-state index contributed by atoms with van der Waals surface area (Å²) in [5.41, 5.74) is 2.00. The Balaban J connectivity index is 2.05. The Morgan fingerprint density at radius 3 is 2.52 bits per heavy atom. The number of rotatable bonds is 9. The van der Waals surface area contributed by atoms with Gasteiger partial charge in [-0.3, -0.25) is 9.78 Å². The smallest absolute Gasteiger partial charge is 0.269 e. The van der Waals surface area contributed by atoms with Crippen molar-refractivity contribution in [1.82, 2.24) is 10.3 Å².